The second kappa shape index (κ2) is 1.83. The minimum Gasteiger partial charge on any atom is -0.333 e. The van der Waals surface area contributed by atoms with Gasteiger partial charge in [-0.1, -0.05) is 0 Å². The van der Waals surface area contributed by atoms with Crippen molar-refractivity contribution in [3.05, 3.63) is 17.7 Å². The van der Waals surface area contributed by atoms with Gasteiger partial charge in [-0.15, -0.1) is 0 Å². The molecule has 0 spiro atoms. The van der Waals surface area contributed by atoms with Crippen LogP contribution in [0.15, 0.2) is 6.20 Å². The number of aryl methyl sites for hydroxylation is 1. The van der Waals surface area contributed by atoms with E-state index in [0.717, 1.165) is 24.5 Å². The van der Waals surface area contributed by atoms with Crippen LogP contribution < -0.4 is 5.73 Å². The number of aromatic nitrogens is 2. The molecule has 2 rings (SSSR count). The summed E-state index contributed by atoms with van der Waals surface area (Å²) < 4.78 is 2.14. The van der Waals surface area contributed by atoms with E-state index in [0.29, 0.717) is 6.04 Å². The molecule has 0 bridgehead atoms. The van der Waals surface area contributed by atoms with Crippen LogP contribution in [-0.2, 0) is 13.0 Å². The molecule has 0 saturated heterocycles. The third kappa shape index (κ3) is 0.743. The summed E-state index contributed by atoms with van der Waals surface area (Å²) in [5.74, 6) is 1.14. The summed E-state index contributed by atoms with van der Waals surface area (Å²) in [6, 6.07) is 0.295. The number of rotatable bonds is 0. The van der Waals surface area contributed by atoms with Crippen molar-refractivity contribution >= 4 is 0 Å². The van der Waals surface area contributed by atoms with Crippen LogP contribution in [0.25, 0.3) is 0 Å². The lowest BCUT2D eigenvalue weighted by Gasteiger charge is -1.96. The summed E-state index contributed by atoms with van der Waals surface area (Å²) in [6.45, 7) is 2.95. The summed E-state index contributed by atoms with van der Waals surface area (Å²) >= 11 is 0. The maximum atomic E-state index is 5.72. The third-order valence-corrected chi connectivity index (χ3v) is 1.86. The van der Waals surface area contributed by atoms with Crippen LogP contribution in [-0.4, -0.2) is 15.6 Å². The Kier molecular flexibility index (Phi) is 1.08. The Morgan fingerprint density at radius 3 is 3.30 bits per heavy atom. The summed E-state index contributed by atoms with van der Waals surface area (Å²) in [4.78, 5) is 4.32. The van der Waals surface area contributed by atoms with E-state index in [2.05, 4.69) is 15.7 Å². The zero-order chi connectivity index (χ0) is 7.14. The second-order valence-electron chi connectivity index (χ2n) is 2.92. The predicted molar refractivity (Wildman–Crippen MR) is 38.6 cm³/mol. The molecule has 3 heteroatoms. The van der Waals surface area contributed by atoms with Crippen LogP contribution in [0.3, 0.4) is 0 Å². The fourth-order valence-electron chi connectivity index (χ4n) is 1.47. The molecule has 0 amide bonds. The molecule has 1 aliphatic heterocycles. The van der Waals surface area contributed by atoms with Gasteiger partial charge in [0.05, 0.1) is 5.69 Å². The van der Waals surface area contributed by atoms with Gasteiger partial charge in [-0.05, 0) is 6.92 Å². The standard InChI is InChI=1S/C7H11N3/c1-5-3-10-4-6(8)2-7(10)9-5/h3,6H,2,4,8H2,1H3. The second-order valence-corrected chi connectivity index (χ2v) is 2.92. The topological polar surface area (TPSA) is 43.8 Å². The Labute approximate surface area is 59.9 Å². The monoisotopic (exact) mass is 137 g/mol. The van der Waals surface area contributed by atoms with Crippen molar-refractivity contribution < 1.29 is 0 Å². The quantitative estimate of drug-likeness (QED) is 0.550. The molecule has 1 atom stereocenters. The molecule has 1 unspecified atom stereocenters. The highest BCUT2D eigenvalue weighted by molar-refractivity contribution is 5.07. The molecule has 2 N–H and O–H groups in total. The average molecular weight is 137 g/mol. The minimum atomic E-state index is 0.295. The average Bonchev–Trinajstić information content (AvgIpc) is 2.21. The van der Waals surface area contributed by atoms with Gasteiger partial charge >= 0.3 is 0 Å². The van der Waals surface area contributed by atoms with Crippen LogP contribution >= 0.6 is 0 Å². The Balaban J connectivity index is 2.39. The van der Waals surface area contributed by atoms with E-state index in [4.69, 9.17) is 5.73 Å². The SMILES string of the molecule is Cc1cn2c(n1)CC(N)C2. The lowest BCUT2D eigenvalue weighted by atomic mass is 10.3. The first-order valence-electron chi connectivity index (χ1n) is 3.54. The molecular weight excluding hydrogens is 126 g/mol. The highest BCUT2D eigenvalue weighted by Gasteiger charge is 2.18. The molecule has 1 aromatic heterocycles. The van der Waals surface area contributed by atoms with Crippen LogP contribution in [0, 0.1) is 6.92 Å². The number of imidazole rings is 1. The zero-order valence-electron chi connectivity index (χ0n) is 6.04. The van der Waals surface area contributed by atoms with Crippen molar-refractivity contribution in [1.29, 1.82) is 0 Å². The largest absolute Gasteiger partial charge is 0.333 e. The van der Waals surface area contributed by atoms with Gasteiger partial charge in [0.25, 0.3) is 0 Å². The highest BCUT2D eigenvalue weighted by atomic mass is 15.1. The van der Waals surface area contributed by atoms with Crippen molar-refractivity contribution in [2.75, 3.05) is 0 Å². The lowest BCUT2D eigenvalue weighted by molar-refractivity contribution is 0.640. The van der Waals surface area contributed by atoms with Crippen molar-refractivity contribution in [2.24, 2.45) is 5.73 Å². The van der Waals surface area contributed by atoms with Gasteiger partial charge < -0.3 is 10.3 Å². The molecular formula is C7H11N3. The normalized spacial score (nSPS) is 23.2. The molecule has 10 heavy (non-hydrogen) atoms. The van der Waals surface area contributed by atoms with Gasteiger partial charge in [-0.2, -0.15) is 0 Å². The maximum absolute atomic E-state index is 5.72. The molecule has 0 saturated carbocycles. The van der Waals surface area contributed by atoms with E-state index in [1.807, 2.05) is 6.92 Å². The molecule has 0 aromatic carbocycles. The Bertz CT molecular complexity index is 228. The van der Waals surface area contributed by atoms with Crippen molar-refractivity contribution in [1.82, 2.24) is 9.55 Å². The number of hydrogen-bond donors (Lipinski definition) is 1. The van der Waals surface area contributed by atoms with Crippen LogP contribution in [0.4, 0.5) is 0 Å². The molecule has 0 radical (unpaired) electrons. The van der Waals surface area contributed by atoms with Crippen LogP contribution in [0.2, 0.25) is 0 Å². The molecule has 54 valence electrons. The molecule has 1 aromatic rings. The Hall–Kier alpha value is -0.830. The molecule has 0 fully saturated rings. The predicted octanol–water partition coefficient (Wildman–Crippen LogP) is 0.0749. The van der Waals surface area contributed by atoms with Gasteiger partial charge in [0, 0.05) is 25.2 Å². The number of nitrogens with zero attached hydrogens (tertiary/aromatic N) is 2. The fraction of sp³-hybridized carbons (Fsp3) is 0.571. The van der Waals surface area contributed by atoms with Gasteiger partial charge in [-0.25, -0.2) is 4.98 Å². The van der Waals surface area contributed by atoms with E-state index in [-0.39, 0.29) is 0 Å². The van der Waals surface area contributed by atoms with Crippen LogP contribution in [0.1, 0.15) is 11.5 Å². The number of fused-ring (bicyclic) bond motifs is 1. The molecule has 3 nitrogen and oxygen atoms in total. The Morgan fingerprint density at radius 2 is 2.60 bits per heavy atom. The third-order valence-electron chi connectivity index (χ3n) is 1.86. The number of hydrogen-bond acceptors (Lipinski definition) is 2. The van der Waals surface area contributed by atoms with Crippen LogP contribution in [0.5, 0.6) is 0 Å². The first-order valence-corrected chi connectivity index (χ1v) is 3.54. The van der Waals surface area contributed by atoms with Gasteiger partial charge in [0.15, 0.2) is 0 Å². The van der Waals surface area contributed by atoms with E-state index in [1.54, 1.807) is 0 Å². The lowest BCUT2D eigenvalue weighted by Crippen LogP contribution is -2.20. The summed E-state index contributed by atoms with van der Waals surface area (Å²) in [5.41, 5.74) is 6.82. The summed E-state index contributed by atoms with van der Waals surface area (Å²) in [5, 5.41) is 0. The van der Waals surface area contributed by atoms with E-state index < -0.39 is 0 Å². The smallest absolute Gasteiger partial charge is 0.110 e. The summed E-state index contributed by atoms with van der Waals surface area (Å²) in [6.07, 6.45) is 3.00. The van der Waals surface area contributed by atoms with E-state index in [9.17, 15) is 0 Å². The van der Waals surface area contributed by atoms with Gasteiger partial charge in [0.1, 0.15) is 5.82 Å². The van der Waals surface area contributed by atoms with Crippen molar-refractivity contribution in [3.63, 3.8) is 0 Å². The van der Waals surface area contributed by atoms with Gasteiger partial charge in [0.2, 0.25) is 0 Å². The summed E-state index contributed by atoms with van der Waals surface area (Å²) in [7, 11) is 0. The fourth-order valence-corrected chi connectivity index (χ4v) is 1.47. The first-order chi connectivity index (χ1) is 4.75. The molecule has 2 heterocycles. The van der Waals surface area contributed by atoms with Crippen molar-refractivity contribution in [2.45, 2.75) is 25.9 Å². The van der Waals surface area contributed by atoms with E-state index in [1.165, 1.54) is 0 Å². The van der Waals surface area contributed by atoms with Gasteiger partial charge in [-0.3, -0.25) is 0 Å². The Morgan fingerprint density at radius 1 is 1.80 bits per heavy atom. The molecule has 0 aliphatic carbocycles. The number of nitrogens with two attached hydrogens (primary N) is 1. The molecule has 1 aliphatic rings. The highest BCUT2D eigenvalue weighted by Crippen LogP contribution is 2.12. The van der Waals surface area contributed by atoms with E-state index >= 15 is 0 Å². The first kappa shape index (κ1) is 5.92. The maximum Gasteiger partial charge on any atom is 0.110 e. The zero-order valence-corrected chi connectivity index (χ0v) is 6.04. The minimum absolute atomic E-state index is 0.295. The van der Waals surface area contributed by atoms with Crippen molar-refractivity contribution in [3.8, 4) is 0 Å².